The first-order valence-electron chi connectivity index (χ1n) is 6.64. The molecule has 0 fully saturated rings. The van der Waals surface area contributed by atoms with E-state index in [1.54, 1.807) is 30.8 Å². The highest BCUT2D eigenvalue weighted by Gasteiger charge is 2.11. The van der Waals surface area contributed by atoms with Gasteiger partial charge in [0.15, 0.2) is 11.5 Å². The third-order valence-corrected chi connectivity index (χ3v) is 3.59. The zero-order valence-electron chi connectivity index (χ0n) is 12.3. The van der Waals surface area contributed by atoms with Crippen LogP contribution in [0.25, 0.3) is 0 Å². The van der Waals surface area contributed by atoms with Crippen molar-refractivity contribution >= 4 is 40.1 Å². The van der Waals surface area contributed by atoms with Crippen LogP contribution in [0.5, 0.6) is 11.5 Å². The molecule has 1 aromatic heterocycles. The summed E-state index contributed by atoms with van der Waals surface area (Å²) in [5.41, 5.74) is 9.08. The number of halogens is 1. The Hall–Kier alpha value is -1.99. The molecule has 0 aliphatic rings. The number of benzene rings is 1. The molecule has 118 valence electrons. The average Bonchev–Trinajstić information content (AvgIpc) is 2.91. The van der Waals surface area contributed by atoms with Crippen LogP contribution in [-0.2, 0) is 0 Å². The van der Waals surface area contributed by atoms with Gasteiger partial charge in [-0.2, -0.15) is 5.10 Å². The van der Waals surface area contributed by atoms with Gasteiger partial charge >= 0.3 is 0 Å². The third kappa shape index (κ3) is 4.25. The Bertz CT molecular complexity index is 660. The number of ether oxygens (including phenoxy) is 2. The van der Waals surface area contributed by atoms with E-state index < -0.39 is 0 Å². The molecular weight excluding hydrogens is 324 g/mol. The molecule has 1 heterocycles. The lowest BCUT2D eigenvalue weighted by molar-refractivity contribution is 0.294. The van der Waals surface area contributed by atoms with Crippen LogP contribution in [0.4, 0.5) is 10.9 Å². The van der Waals surface area contributed by atoms with E-state index in [9.17, 15) is 0 Å². The minimum atomic E-state index is 0.457. The van der Waals surface area contributed by atoms with Crippen molar-refractivity contribution in [3.63, 3.8) is 0 Å². The van der Waals surface area contributed by atoms with Crippen molar-refractivity contribution in [2.75, 3.05) is 24.9 Å². The van der Waals surface area contributed by atoms with Gasteiger partial charge < -0.3 is 15.2 Å². The number of nitrogens with two attached hydrogens (primary N) is 1. The largest absolute Gasteiger partial charge is 0.493 e. The highest BCUT2D eigenvalue weighted by atomic mass is 35.5. The van der Waals surface area contributed by atoms with E-state index in [4.69, 9.17) is 26.8 Å². The molecule has 0 bridgehead atoms. The predicted molar refractivity (Wildman–Crippen MR) is 91.5 cm³/mol. The Morgan fingerprint density at radius 2 is 2.32 bits per heavy atom. The Kier molecular flexibility index (Phi) is 5.85. The first-order chi connectivity index (χ1) is 10.6. The van der Waals surface area contributed by atoms with Crippen LogP contribution in [0.1, 0.15) is 18.9 Å². The number of anilines is 2. The van der Waals surface area contributed by atoms with Crippen LogP contribution in [0, 0.1) is 0 Å². The first kappa shape index (κ1) is 16.4. The Morgan fingerprint density at radius 3 is 2.95 bits per heavy atom. The molecule has 1 aromatic carbocycles. The molecule has 6 nitrogen and oxygen atoms in total. The van der Waals surface area contributed by atoms with Crippen molar-refractivity contribution in [1.29, 1.82) is 0 Å². The van der Waals surface area contributed by atoms with E-state index in [0.29, 0.717) is 34.1 Å². The molecule has 2 rings (SSSR count). The minimum Gasteiger partial charge on any atom is -0.493 e. The lowest BCUT2D eigenvalue weighted by Gasteiger charge is -2.13. The summed E-state index contributed by atoms with van der Waals surface area (Å²) < 4.78 is 11.0. The predicted octanol–water partition coefficient (Wildman–Crippen LogP) is 3.62. The van der Waals surface area contributed by atoms with E-state index in [-0.39, 0.29) is 0 Å². The molecule has 3 N–H and O–H groups in total. The SMILES string of the molecule is CCCOc1c(C=NNc2nc(N)cs2)cc(Cl)cc1OC. The fourth-order valence-electron chi connectivity index (χ4n) is 1.69. The number of aromatic nitrogens is 1. The fraction of sp³-hybridized carbons (Fsp3) is 0.286. The van der Waals surface area contributed by atoms with Crippen LogP contribution in [0.3, 0.4) is 0 Å². The lowest BCUT2D eigenvalue weighted by atomic mass is 10.2. The molecule has 0 aliphatic heterocycles. The quantitative estimate of drug-likeness (QED) is 0.594. The second-order valence-electron chi connectivity index (χ2n) is 4.32. The number of hydrazone groups is 1. The first-order valence-corrected chi connectivity index (χ1v) is 7.90. The van der Waals surface area contributed by atoms with Gasteiger partial charge in [0.2, 0.25) is 5.13 Å². The van der Waals surface area contributed by atoms with Crippen LogP contribution in [0.15, 0.2) is 22.6 Å². The maximum absolute atomic E-state index is 6.09. The zero-order chi connectivity index (χ0) is 15.9. The zero-order valence-corrected chi connectivity index (χ0v) is 13.9. The number of hydrogen-bond donors (Lipinski definition) is 2. The molecule has 0 atom stereocenters. The summed E-state index contributed by atoms with van der Waals surface area (Å²) in [7, 11) is 1.57. The summed E-state index contributed by atoms with van der Waals surface area (Å²) in [5.74, 6) is 1.64. The molecular formula is C14H17ClN4O2S. The normalized spacial score (nSPS) is 10.9. The summed E-state index contributed by atoms with van der Waals surface area (Å²) in [4.78, 5) is 4.05. The topological polar surface area (TPSA) is 81.8 Å². The van der Waals surface area contributed by atoms with E-state index in [0.717, 1.165) is 12.0 Å². The number of nitrogens with zero attached hydrogens (tertiary/aromatic N) is 2. The van der Waals surface area contributed by atoms with Gasteiger partial charge in [0.1, 0.15) is 5.82 Å². The number of hydrogen-bond acceptors (Lipinski definition) is 7. The molecule has 0 saturated carbocycles. The summed E-state index contributed by atoms with van der Waals surface area (Å²) in [6.45, 7) is 2.61. The molecule has 2 aromatic rings. The summed E-state index contributed by atoms with van der Waals surface area (Å²) >= 11 is 7.46. The van der Waals surface area contributed by atoms with Gasteiger partial charge in [0.05, 0.1) is 19.9 Å². The fourth-order valence-corrected chi connectivity index (χ4v) is 2.45. The van der Waals surface area contributed by atoms with Crippen molar-refractivity contribution in [1.82, 2.24) is 4.98 Å². The van der Waals surface area contributed by atoms with Crippen LogP contribution in [0.2, 0.25) is 5.02 Å². The van der Waals surface area contributed by atoms with Crippen molar-refractivity contribution in [2.45, 2.75) is 13.3 Å². The highest BCUT2D eigenvalue weighted by molar-refractivity contribution is 7.14. The summed E-state index contributed by atoms with van der Waals surface area (Å²) in [5, 5.41) is 7.02. The molecule has 0 spiro atoms. The number of thiazole rings is 1. The molecule has 8 heteroatoms. The Balaban J connectivity index is 2.21. The van der Waals surface area contributed by atoms with E-state index in [2.05, 4.69) is 15.5 Å². The number of nitrogen functional groups attached to an aromatic ring is 1. The monoisotopic (exact) mass is 340 g/mol. The highest BCUT2D eigenvalue weighted by Crippen LogP contribution is 2.34. The van der Waals surface area contributed by atoms with Gasteiger partial charge in [-0.05, 0) is 12.5 Å². The van der Waals surface area contributed by atoms with Crippen molar-refractivity contribution in [3.8, 4) is 11.5 Å². The molecule has 0 amide bonds. The van der Waals surface area contributed by atoms with Gasteiger partial charge in [-0.25, -0.2) is 4.98 Å². The van der Waals surface area contributed by atoms with Gasteiger partial charge in [-0.15, -0.1) is 11.3 Å². The standard InChI is InChI=1S/C14H17ClN4O2S/c1-3-4-21-13-9(5-10(15)6-11(13)20-2)7-17-19-14-18-12(16)8-22-14/h5-8H,3-4,16H2,1-2H3,(H,18,19). The van der Waals surface area contributed by atoms with Crippen molar-refractivity contribution in [2.24, 2.45) is 5.10 Å². The second-order valence-corrected chi connectivity index (χ2v) is 5.62. The van der Waals surface area contributed by atoms with Crippen LogP contribution >= 0.6 is 22.9 Å². The molecule has 0 saturated heterocycles. The molecule has 0 unspecified atom stereocenters. The van der Waals surface area contributed by atoms with Crippen LogP contribution in [-0.4, -0.2) is 24.9 Å². The average molecular weight is 341 g/mol. The van der Waals surface area contributed by atoms with Crippen molar-refractivity contribution in [3.05, 3.63) is 28.1 Å². The Morgan fingerprint density at radius 1 is 1.50 bits per heavy atom. The lowest BCUT2D eigenvalue weighted by Crippen LogP contribution is -2.02. The van der Waals surface area contributed by atoms with E-state index in [1.165, 1.54) is 11.3 Å². The summed E-state index contributed by atoms with van der Waals surface area (Å²) in [6, 6.07) is 3.47. The van der Waals surface area contributed by atoms with Gasteiger partial charge in [0, 0.05) is 22.0 Å². The van der Waals surface area contributed by atoms with Gasteiger partial charge in [-0.1, -0.05) is 18.5 Å². The number of methoxy groups -OCH3 is 1. The van der Waals surface area contributed by atoms with E-state index >= 15 is 0 Å². The van der Waals surface area contributed by atoms with E-state index in [1.807, 2.05) is 6.92 Å². The molecule has 0 radical (unpaired) electrons. The number of nitrogens with one attached hydrogen (secondary N) is 1. The smallest absolute Gasteiger partial charge is 0.205 e. The van der Waals surface area contributed by atoms with Gasteiger partial charge in [0.25, 0.3) is 0 Å². The maximum atomic E-state index is 6.09. The second kappa shape index (κ2) is 7.86. The van der Waals surface area contributed by atoms with Crippen LogP contribution < -0.4 is 20.6 Å². The van der Waals surface area contributed by atoms with Crippen molar-refractivity contribution < 1.29 is 9.47 Å². The summed E-state index contributed by atoms with van der Waals surface area (Å²) in [6.07, 6.45) is 2.50. The van der Waals surface area contributed by atoms with Gasteiger partial charge in [-0.3, -0.25) is 5.43 Å². The molecule has 22 heavy (non-hydrogen) atoms. The Labute approximate surface area is 137 Å². The third-order valence-electron chi connectivity index (χ3n) is 2.60. The minimum absolute atomic E-state index is 0.457. The maximum Gasteiger partial charge on any atom is 0.205 e. The molecule has 0 aliphatic carbocycles. The number of rotatable bonds is 7.